The Morgan fingerprint density at radius 2 is 2.18 bits per heavy atom. The van der Waals surface area contributed by atoms with Crippen LogP contribution >= 0.6 is 0 Å². The number of fused-ring (bicyclic) bond motifs is 5. The molecule has 2 N–H and O–H groups in total. The Bertz CT molecular complexity index is 952. The number of rotatable bonds is 1. The summed E-state index contributed by atoms with van der Waals surface area (Å²) in [5.74, 6) is -0.340. The lowest BCUT2D eigenvalue weighted by molar-refractivity contribution is 0.0337. The maximum absolute atomic E-state index is 12.3. The summed E-state index contributed by atoms with van der Waals surface area (Å²) in [6.45, 7) is 5.76. The number of para-hydroxylation sites is 1. The molecule has 2 aromatic carbocycles. The summed E-state index contributed by atoms with van der Waals surface area (Å²) in [6, 6.07) is 9.32. The number of cyclic esters (lactones) is 1. The zero-order valence-electron chi connectivity index (χ0n) is 12.1. The van der Waals surface area contributed by atoms with Crippen molar-refractivity contribution in [1.82, 2.24) is 4.98 Å². The number of phenols is 1. The van der Waals surface area contributed by atoms with Crippen molar-refractivity contribution >= 4 is 27.8 Å². The van der Waals surface area contributed by atoms with Gasteiger partial charge in [-0.2, -0.15) is 0 Å². The van der Waals surface area contributed by atoms with E-state index in [1.807, 2.05) is 31.2 Å². The van der Waals surface area contributed by atoms with E-state index in [9.17, 15) is 9.90 Å². The fourth-order valence-electron chi connectivity index (χ4n) is 3.17. The van der Waals surface area contributed by atoms with Crippen molar-refractivity contribution in [2.45, 2.75) is 19.4 Å². The quantitative estimate of drug-likeness (QED) is 0.531. The lowest BCUT2D eigenvalue weighted by Gasteiger charge is -2.25. The average Bonchev–Trinajstić information content (AvgIpc) is 2.88. The summed E-state index contributed by atoms with van der Waals surface area (Å²) in [7, 11) is 0. The highest BCUT2D eigenvalue weighted by Crippen LogP contribution is 2.39. The molecule has 1 aliphatic heterocycles. The number of phenolic OH excluding ortho intramolecular Hbond substituents is 1. The van der Waals surface area contributed by atoms with Crippen molar-refractivity contribution in [3.8, 4) is 5.75 Å². The van der Waals surface area contributed by atoms with Gasteiger partial charge in [0.25, 0.3) is 0 Å². The number of ether oxygens (including phenoxy) is 1. The molecule has 4 nitrogen and oxygen atoms in total. The van der Waals surface area contributed by atoms with Crippen molar-refractivity contribution in [2.24, 2.45) is 0 Å². The highest BCUT2D eigenvalue weighted by molar-refractivity contribution is 6.14. The SMILES string of the molecule is C=C(C)[C@H]1Cc2c(cc(O)c3[nH]c4ccccc4c23)C(=O)O1. The minimum Gasteiger partial charge on any atom is -0.506 e. The summed E-state index contributed by atoms with van der Waals surface area (Å²) < 4.78 is 5.41. The number of hydrogen-bond acceptors (Lipinski definition) is 3. The van der Waals surface area contributed by atoms with E-state index in [0.717, 1.165) is 27.4 Å². The molecule has 0 spiro atoms. The van der Waals surface area contributed by atoms with Gasteiger partial charge in [0.05, 0.1) is 11.1 Å². The van der Waals surface area contributed by atoms with Crippen LogP contribution in [-0.2, 0) is 11.2 Å². The van der Waals surface area contributed by atoms with Crippen LogP contribution in [0.5, 0.6) is 5.75 Å². The highest BCUT2D eigenvalue weighted by atomic mass is 16.5. The number of carbonyl (C=O) groups is 1. The van der Waals surface area contributed by atoms with Crippen molar-refractivity contribution in [3.05, 3.63) is 53.6 Å². The topological polar surface area (TPSA) is 62.3 Å². The van der Waals surface area contributed by atoms with Gasteiger partial charge >= 0.3 is 5.97 Å². The number of hydrogen-bond donors (Lipinski definition) is 2. The van der Waals surface area contributed by atoms with Crippen LogP contribution in [0.1, 0.15) is 22.8 Å². The first kappa shape index (κ1) is 13.0. The molecule has 4 heteroatoms. The maximum Gasteiger partial charge on any atom is 0.339 e. The molecular formula is C18H15NO3. The minimum atomic E-state index is -0.406. The van der Waals surface area contributed by atoms with Crippen LogP contribution in [0.3, 0.4) is 0 Å². The first-order valence-electron chi connectivity index (χ1n) is 7.18. The molecule has 1 aliphatic rings. The lowest BCUT2D eigenvalue weighted by Crippen LogP contribution is -2.28. The van der Waals surface area contributed by atoms with E-state index >= 15 is 0 Å². The molecule has 3 aromatic rings. The molecule has 22 heavy (non-hydrogen) atoms. The number of benzene rings is 2. The van der Waals surface area contributed by atoms with E-state index < -0.39 is 5.97 Å². The predicted octanol–water partition coefficient (Wildman–Crippen LogP) is 3.68. The number of aromatic amines is 1. The van der Waals surface area contributed by atoms with E-state index in [2.05, 4.69) is 11.6 Å². The van der Waals surface area contributed by atoms with Gasteiger partial charge in [-0.25, -0.2) is 4.79 Å². The second kappa shape index (κ2) is 4.37. The van der Waals surface area contributed by atoms with Gasteiger partial charge in [0.2, 0.25) is 0 Å². The summed E-state index contributed by atoms with van der Waals surface area (Å²) in [5.41, 5.74) is 3.77. The van der Waals surface area contributed by atoms with E-state index in [1.54, 1.807) is 0 Å². The van der Waals surface area contributed by atoms with Crippen LogP contribution in [-0.4, -0.2) is 22.2 Å². The summed E-state index contributed by atoms with van der Waals surface area (Å²) in [5, 5.41) is 12.2. The first-order chi connectivity index (χ1) is 10.6. The normalized spacial score (nSPS) is 17.5. The Morgan fingerprint density at radius 1 is 1.41 bits per heavy atom. The molecular weight excluding hydrogens is 278 g/mol. The Hall–Kier alpha value is -2.75. The van der Waals surface area contributed by atoms with Gasteiger partial charge in [-0.1, -0.05) is 24.8 Å². The zero-order chi connectivity index (χ0) is 15.4. The summed E-state index contributed by atoms with van der Waals surface area (Å²) in [4.78, 5) is 15.5. The second-order valence-electron chi connectivity index (χ2n) is 5.79. The number of nitrogens with one attached hydrogen (secondary N) is 1. The molecule has 1 aromatic heterocycles. The van der Waals surface area contributed by atoms with Gasteiger partial charge in [-0.3, -0.25) is 0 Å². The van der Waals surface area contributed by atoms with Gasteiger partial charge in [-0.05, 0) is 30.2 Å². The van der Waals surface area contributed by atoms with Crippen LogP contribution in [0.2, 0.25) is 0 Å². The Kier molecular flexibility index (Phi) is 2.57. The highest BCUT2D eigenvalue weighted by Gasteiger charge is 2.30. The molecule has 0 bridgehead atoms. The van der Waals surface area contributed by atoms with Gasteiger partial charge < -0.3 is 14.8 Å². The molecule has 2 heterocycles. The third kappa shape index (κ3) is 1.67. The van der Waals surface area contributed by atoms with E-state index in [0.29, 0.717) is 17.5 Å². The van der Waals surface area contributed by atoms with Crippen molar-refractivity contribution in [2.75, 3.05) is 0 Å². The molecule has 0 radical (unpaired) electrons. The molecule has 0 aliphatic carbocycles. The number of H-pyrrole nitrogens is 1. The van der Waals surface area contributed by atoms with Gasteiger partial charge in [0.15, 0.2) is 0 Å². The number of aromatic hydroxyl groups is 1. The van der Waals surface area contributed by atoms with Crippen LogP contribution in [0.15, 0.2) is 42.5 Å². The summed E-state index contributed by atoms with van der Waals surface area (Å²) in [6.07, 6.45) is 0.260. The maximum atomic E-state index is 12.3. The van der Waals surface area contributed by atoms with Crippen LogP contribution < -0.4 is 0 Å². The molecule has 1 atom stereocenters. The largest absolute Gasteiger partial charge is 0.506 e. The Labute approximate surface area is 127 Å². The number of aromatic nitrogens is 1. The third-order valence-electron chi connectivity index (χ3n) is 4.28. The average molecular weight is 293 g/mol. The second-order valence-corrected chi connectivity index (χ2v) is 5.79. The third-order valence-corrected chi connectivity index (χ3v) is 4.28. The minimum absolute atomic E-state index is 0.0654. The fourth-order valence-corrected chi connectivity index (χ4v) is 3.17. The molecule has 0 saturated heterocycles. The van der Waals surface area contributed by atoms with E-state index in [-0.39, 0.29) is 11.9 Å². The predicted molar refractivity (Wildman–Crippen MR) is 85.2 cm³/mol. The molecule has 0 fully saturated rings. The van der Waals surface area contributed by atoms with E-state index in [1.165, 1.54) is 6.07 Å². The Morgan fingerprint density at radius 3 is 2.95 bits per heavy atom. The lowest BCUT2D eigenvalue weighted by atomic mass is 9.91. The first-order valence-corrected chi connectivity index (χ1v) is 7.18. The van der Waals surface area contributed by atoms with Crippen molar-refractivity contribution in [3.63, 3.8) is 0 Å². The number of esters is 1. The van der Waals surface area contributed by atoms with Gasteiger partial charge in [0, 0.05) is 22.7 Å². The molecule has 0 saturated carbocycles. The molecule has 4 rings (SSSR count). The van der Waals surface area contributed by atoms with Crippen LogP contribution in [0.4, 0.5) is 0 Å². The van der Waals surface area contributed by atoms with E-state index in [4.69, 9.17) is 4.74 Å². The van der Waals surface area contributed by atoms with Crippen molar-refractivity contribution < 1.29 is 14.6 Å². The molecule has 0 amide bonds. The Balaban J connectivity index is 2.11. The van der Waals surface area contributed by atoms with Gasteiger partial charge in [0.1, 0.15) is 11.9 Å². The molecule has 0 unspecified atom stereocenters. The van der Waals surface area contributed by atoms with Gasteiger partial charge in [-0.15, -0.1) is 0 Å². The van der Waals surface area contributed by atoms with Crippen LogP contribution in [0, 0.1) is 0 Å². The fraction of sp³-hybridized carbons (Fsp3) is 0.167. The monoisotopic (exact) mass is 293 g/mol. The zero-order valence-corrected chi connectivity index (χ0v) is 12.1. The van der Waals surface area contributed by atoms with Crippen LogP contribution in [0.25, 0.3) is 21.8 Å². The summed E-state index contributed by atoms with van der Waals surface area (Å²) >= 11 is 0. The standard InChI is InChI=1S/C18H15NO3/c1-9(2)15-8-11-12(18(21)22-15)7-14(20)17-16(11)10-5-3-4-6-13(10)19-17/h3-7,15,19-20H,1,8H2,2H3/t15-/m1/s1. The van der Waals surface area contributed by atoms with Crippen molar-refractivity contribution in [1.29, 1.82) is 0 Å². The molecule has 110 valence electrons. The number of carbonyl (C=O) groups excluding carboxylic acids is 1. The smallest absolute Gasteiger partial charge is 0.339 e.